The Bertz CT molecular complexity index is 744. The third-order valence-electron chi connectivity index (χ3n) is 4.85. The van der Waals surface area contributed by atoms with Crippen molar-refractivity contribution in [3.8, 4) is 0 Å². The van der Waals surface area contributed by atoms with Gasteiger partial charge in [0.25, 0.3) is 0 Å². The highest BCUT2D eigenvalue weighted by Gasteiger charge is 2.34. The summed E-state index contributed by atoms with van der Waals surface area (Å²) < 4.78 is 0. The quantitative estimate of drug-likeness (QED) is 0.799. The average molecular weight is 330 g/mol. The lowest BCUT2D eigenvalue weighted by Gasteiger charge is -2.39. The van der Waals surface area contributed by atoms with Gasteiger partial charge in [-0.25, -0.2) is 4.79 Å². The zero-order valence-electron chi connectivity index (χ0n) is 13.2. The van der Waals surface area contributed by atoms with E-state index in [1.807, 2.05) is 24.3 Å². The number of anilines is 1. The van der Waals surface area contributed by atoms with Crippen LogP contribution in [0.5, 0.6) is 0 Å². The number of hydrogen-bond acceptors (Lipinski definition) is 2. The van der Waals surface area contributed by atoms with Gasteiger partial charge in [0, 0.05) is 10.7 Å². The Morgan fingerprint density at radius 3 is 2.70 bits per heavy atom. The van der Waals surface area contributed by atoms with Crippen LogP contribution in [-0.2, 0) is 0 Å². The Morgan fingerprint density at radius 1 is 1.26 bits per heavy atom. The van der Waals surface area contributed by atoms with E-state index < -0.39 is 5.97 Å². The van der Waals surface area contributed by atoms with Crippen LogP contribution in [0.2, 0.25) is 5.02 Å². The van der Waals surface area contributed by atoms with Crippen LogP contribution in [0.15, 0.2) is 42.5 Å². The van der Waals surface area contributed by atoms with Crippen LogP contribution < -0.4 is 5.32 Å². The predicted molar refractivity (Wildman–Crippen MR) is 93.4 cm³/mol. The molecule has 1 aliphatic rings. The molecule has 2 aromatic rings. The number of rotatable bonds is 3. The van der Waals surface area contributed by atoms with Gasteiger partial charge in [0.15, 0.2) is 0 Å². The van der Waals surface area contributed by atoms with Crippen LogP contribution in [0.3, 0.4) is 0 Å². The average Bonchev–Trinajstić information content (AvgIpc) is 2.54. The Balaban J connectivity index is 2.04. The smallest absolute Gasteiger partial charge is 0.335 e. The fourth-order valence-corrected chi connectivity index (χ4v) is 3.82. The maximum absolute atomic E-state index is 11.2. The predicted octanol–water partition coefficient (Wildman–Crippen LogP) is 5.33. The van der Waals surface area contributed by atoms with E-state index >= 15 is 0 Å². The number of aromatic carboxylic acids is 1. The molecule has 23 heavy (non-hydrogen) atoms. The van der Waals surface area contributed by atoms with E-state index in [0.717, 1.165) is 22.7 Å². The van der Waals surface area contributed by atoms with Gasteiger partial charge in [-0.15, -0.1) is 0 Å². The van der Waals surface area contributed by atoms with Gasteiger partial charge in [0.2, 0.25) is 0 Å². The van der Waals surface area contributed by atoms with Gasteiger partial charge in [-0.1, -0.05) is 44.0 Å². The maximum atomic E-state index is 11.2. The molecule has 4 heteroatoms. The van der Waals surface area contributed by atoms with Crippen molar-refractivity contribution in [1.82, 2.24) is 0 Å². The summed E-state index contributed by atoms with van der Waals surface area (Å²) in [7, 11) is 0. The van der Waals surface area contributed by atoms with E-state index in [9.17, 15) is 9.90 Å². The van der Waals surface area contributed by atoms with E-state index in [1.165, 1.54) is 5.56 Å². The van der Waals surface area contributed by atoms with E-state index in [2.05, 4.69) is 25.2 Å². The molecule has 0 saturated heterocycles. The number of carbonyl (C=O) groups is 1. The second-order valence-electron chi connectivity index (χ2n) is 6.14. The van der Waals surface area contributed by atoms with Crippen molar-refractivity contribution in [1.29, 1.82) is 0 Å². The minimum absolute atomic E-state index is 0.178. The third kappa shape index (κ3) is 2.93. The van der Waals surface area contributed by atoms with Crippen molar-refractivity contribution in [2.75, 3.05) is 5.32 Å². The molecular formula is C19H20ClNO2. The van der Waals surface area contributed by atoms with E-state index in [4.69, 9.17) is 11.6 Å². The van der Waals surface area contributed by atoms with Crippen molar-refractivity contribution >= 4 is 23.3 Å². The minimum Gasteiger partial charge on any atom is -0.478 e. The lowest BCUT2D eigenvalue weighted by molar-refractivity contribution is 0.0696. The first kappa shape index (κ1) is 15.9. The second kappa shape index (κ2) is 6.25. The SMILES string of the molecule is CC[C@H]1[C@@H](C)c2cc(C(=O)O)ccc2N[C@H]1c1cccc(Cl)c1. The Kier molecular flexibility index (Phi) is 4.31. The molecular weight excluding hydrogens is 310 g/mol. The molecule has 0 unspecified atom stereocenters. The van der Waals surface area contributed by atoms with Gasteiger partial charge in [-0.05, 0) is 53.3 Å². The molecule has 1 heterocycles. The lowest BCUT2D eigenvalue weighted by Crippen LogP contribution is -2.30. The molecule has 0 aromatic heterocycles. The highest BCUT2D eigenvalue weighted by atomic mass is 35.5. The number of nitrogens with one attached hydrogen (secondary N) is 1. The Hall–Kier alpha value is -2.00. The zero-order valence-corrected chi connectivity index (χ0v) is 14.0. The number of carboxylic acids is 1. The second-order valence-corrected chi connectivity index (χ2v) is 6.58. The molecule has 0 bridgehead atoms. The third-order valence-corrected chi connectivity index (χ3v) is 5.08. The lowest BCUT2D eigenvalue weighted by atomic mass is 9.74. The molecule has 0 spiro atoms. The van der Waals surface area contributed by atoms with Crippen LogP contribution in [-0.4, -0.2) is 11.1 Å². The van der Waals surface area contributed by atoms with Gasteiger partial charge in [0.05, 0.1) is 11.6 Å². The van der Waals surface area contributed by atoms with Crippen molar-refractivity contribution in [3.05, 3.63) is 64.2 Å². The number of carboxylic acid groups (broad SMARTS) is 1. The zero-order chi connectivity index (χ0) is 16.6. The molecule has 0 radical (unpaired) electrons. The van der Waals surface area contributed by atoms with Crippen LogP contribution in [0.1, 0.15) is 53.7 Å². The van der Waals surface area contributed by atoms with Crippen LogP contribution in [0.4, 0.5) is 5.69 Å². The van der Waals surface area contributed by atoms with Gasteiger partial charge < -0.3 is 10.4 Å². The molecule has 2 N–H and O–H groups in total. The van der Waals surface area contributed by atoms with Gasteiger partial charge in [-0.3, -0.25) is 0 Å². The van der Waals surface area contributed by atoms with Crippen molar-refractivity contribution < 1.29 is 9.90 Å². The van der Waals surface area contributed by atoms with Crippen LogP contribution >= 0.6 is 11.6 Å². The molecule has 0 aliphatic carbocycles. The van der Waals surface area contributed by atoms with Crippen LogP contribution in [0.25, 0.3) is 0 Å². The van der Waals surface area contributed by atoms with Gasteiger partial charge >= 0.3 is 5.97 Å². The Labute approximate surface area is 141 Å². The monoisotopic (exact) mass is 329 g/mol. The molecule has 0 fully saturated rings. The fraction of sp³-hybridized carbons (Fsp3) is 0.316. The number of hydrogen-bond donors (Lipinski definition) is 2. The first-order chi connectivity index (χ1) is 11.0. The van der Waals surface area contributed by atoms with Crippen molar-refractivity contribution in [2.45, 2.75) is 32.2 Å². The van der Waals surface area contributed by atoms with Crippen LogP contribution in [0, 0.1) is 5.92 Å². The largest absolute Gasteiger partial charge is 0.478 e. The standard InChI is InChI=1S/C19H20ClNO2/c1-3-15-11(2)16-10-13(19(22)23)7-8-17(16)21-18(15)12-5-4-6-14(20)9-12/h4-11,15,18,21H,3H2,1-2H3,(H,22,23)/t11-,15+,18+/m1/s1. The summed E-state index contributed by atoms with van der Waals surface area (Å²) >= 11 is 6.15. The highest BCUT2D eigenvalue weighted by Crippen LogP contribution is 2.46. The fourth-order valence-electron chi connectivity index (χ4n) is 3.62. The van der Waals surface area contributed by atoms with Gasteiger partial charge in [-0.2, -0.15) is 0 Å². The minimum atomic E-state index is -0.884. The summed E-state index contributed by atoms with van der Waals surface area (Å²) in [5.41, 5.74) is 3.60. The normalized spacial score (nSPS) is 23.0. The first-order valence-electron chi connectivity index (χ1n) is 7.90. The summed E-state index contributed by atoms with van der Waals surface area (Å²) in [5, 5.41) is 13.5. The van der Waals surface area contributed by atoms with E-state index in [1.54, 1.807) is 12.1 Å². The molecule has 3 rings (SSSR count). The summed E-state index contributed by atoms with van der Waals surface area (Å²) in [6.07, 6.45) is 1.00. The molecule has 0 saturated carbocycles. The molecule has 120 valence electrons. The van der Waals surface area contributed by atoms with Crippen molar-refractivity contribution in [3.63, 3.8) is 0 Å². The summed E-state index contributed by atoms with van der Waals surface area (Å²) in [6.45, 7) is 4.35. The van der Waals surface area contributed by atoms with Gasteiger partial charge in [0.1, 0.15) is 0 Å². The topological polar surface area (TPSA) is 49.3 Å². The molecule has 3 atom stereocenters. The highest BCUT2D eigenvalue weighted by molar-refractivity contribution is 6.30. The van der Waals surface area contributed by atoms with E-state index in [-0.39, 0.29) is 12.0 Å². The molecule has 0 amide bonds. The molecule has 1 aliphatic heterocycles. The molecule has 2 aromatic carbocycles. The summed E-state index contributed by atoms with van der Waals surface area (Å²) in [4.78, 5) is 11.2. The Morgan fingerprint density at radius 2 is 2.04 bits per heavy atom. The number of benzene rings is 2. The molecule has 3 nitrogen and oxygen atoms in total. The van der Waals surface area contributed by atoms with Crippen molar-refractivity contribution in [2.24, 2.45) is 5.92 Å². The maximum Gasteiger partial charge on any atom is 0.335 e. The number of halogens is 1. The summed E-state index contributed by atoms with van der Waals surface area (Å²) in [6, 6.07) is 13.5. The number of fused-ring (bicyclic) bond motifs is 1. The summed E-state index contributed by atoms with van der Waals surface area (Å²) in [5.74, 6) is -0.227. The first-order valence-corrected chi connectivity index (χ1v) is 8.28. The van der Waals surface area contributed by atoms with E-state index in [0.29, 0.717) is 11.5 Å².